The fourth-order valence-corrected chi connectivity index (χ4v) is 7.19. The molecule has 1 N–H and O–H groups in total. The standard InChI is InChI=1S/C36H51N6O12P/c1-5-11-31(43)51-24-53-55(48,54-25-52-32(44)12-6-2)23-29(35(46)40-17-19-41(20-18-40)36(47)50-7-3)38-34(45)28-21-30(42-16-15-27(22-42)49-4)39-33(37-28)26-13-9-8-10-14-26/h8-10,13-14,21,27,29H,5-7,11-12,15-20,22-25H2,1-4H3,(H,38,45)/t27-,29+/m0/s1. The number of amides is 3. The van der Waals surface area contributed by atoms with Crippen molar-refractivity contribution in [1.82, 2.24) is 25.1 Å². The molecule has 3 amide bonds. The summed E-state index contributed by atoms with van der Waals surface area (Å²) in [5.41, 5.74) is 0.572. The normalized spacial score (nSPS) is 16.4. The van der Waals surface area contributed by atoms with Crippen molar-refractivity contribution in [3.63, 3.8) is 0 Å². The lowest BCUT2D eigenvalue weighted by atomic mass is 10.2. The summed E-state index contributed by atoms with van der Waals surface area (Å²) in [6, 6.07) is 9.03. The number of piperazine rings is 1. The summed E-state index contributed by atoms with van der Waals surface area (Å²) >= 11 is 0. The molecule has 55 heavy (non-hydrogen) atoms. The van der Waals surface area contributed by atoms with Gasteiger partial charge in [-0.25, -0.2) is 14.8 Å². The van der Waals surface area contributed by atoms with Gasteiger partial charge in [0.05, 0.1) is 18.9 Å². The molecular weight excluding hydrogens is 739 g/mol. The van der Waals surface area contributed by atoms with Gasteiger partial charge in [0.15, 0.2) is 5.82 Å². The van der Waals surface area contributed by atoms with Crippen molar-refractivity contribution in [2.45, 2.75) is 65.0 Å². The van der Waals surface area contributed by atoms with Gasteiger partial charge in [0.25, 0.3) is 5.91 Å². The highest BCUT2D eigenvalue weighted by molar-refractivity contribution is 7.54. The predicted molar refractivity (Wildman–Crippen MR) is 198 cm³/mol. The van der Waals surface area contributed by atoms with Crippen LogP contribution in [0.25, 0.3) is 11.4 Å². The molecule has 0 saturated carbocycles. The number of hydrogen-bond donors (Lipinski definition) is 1. The first kappa shape index (κ1) is 43.1. The highest BCUT2D eigenvalue weighted by atomic mass is 31.2. The fraction of sp³-hybridized carbons (Fsp3) is 0.583. The Kier molecular flexibility index (Phi) is 16.8. The van der Waals surface area contributed by atoms with E-state index in [-0.39, 0.29) is 63.2 Å². The van der Waals surface area contributed by atoms with Crippen LogP contribution in [0.15, 0.2) is 36.4 Å². The number of methoxy groups -OCH3 is 1. The first-order valence-corrected chi connectivity index (χ1v) is 20.1. The van der Waals surface area contributed by atoms with E-state index in [1.54, 1.807) is 40.0 Å². The summed E-state index contributed by atoms with van der Waals surface area (Å²) in [5.74, 6) is -1.95. The molecule has 302 valence electrons. The van der Waals surface area contributed by atoms with Crippen LogP contribution in [0.4, 0.5) is 10.6 Å². The average Bonchev–Trinajstić information content (AvgIpc) is 3.68. The number of carbonyl (C=O) groups is 5. The average molecular weight is 791 g/mol. The molecule has 0 unspecified atom stereocenters. The lowest BCUT2D eigenvalue weighted by Gasteiger charge is -2.36. The van der Waals surface area contributed by atoms with E-state index < -0.39 is 63.2 Å². The fourth-order valence-electron chi connectivity index (χ4n) is 5.78. The number of nitrogens with zero attached hydrogens (tertiary/aromatic N) is 5. The smallest absolute Gasteiger partial charge is 0.409 e. The van der Waals surface area contributed by atoms with Crippen LogP contribution in [0.2, 0.25) is 0 Å². The highest BCUT2D eigenvalue weighted by Gasteiger charge is 2.39. The van der Waals surface area contributed by atoms with Gasteiger partial charge in [0, 0.05) is 70.8 Å². The topological polar surface area (TPSA) is 205 Å². The van der Waals surface area contributed by atoms with Gasteiger partial charge >= 0.3 is 25.6 Å². The SMILES string of the molecule is CCCC(=O)OCOP(=O)(C[C@@H](NC(=O)c1cc(N2CC[C@H](OC)C2)nc(-c2ccccc2)n1)C(=O)N1CCN(C(=O)OCC)CC1)OCOC(=O)CCC. The second-order valence-electron chi connectivity index (χ2n) is 12.8. The molecule has 2 aliphatic rings. The van der Waals surface area contributed by atoms with Crippen LogP contribution < -0.4 is 10.2 Å². The quantitative estimate of drug-likeness (QED) is 0.0935. The minimum Gasteiger partial charge on any atom is -0.450 e. The van der Waals surface area contributed by atoms with Gasteiger partial charge in [-0.3, -0.25) is 32.8 Å². The lowest BCUT2D eigenvalue weighted by molar-refractivity contribution is -0.152. The molecule has 18 nitrogen and oxygen atoms in total. The highest BCUT2D eigenvalue weighted by Crippen LogP contribution is 2.49. The van der Waals surface area contributed by atoms with Crippen LogP contribution in [-0.4, -0.2) is 134 Å². The molecule has 0 spiro atoms. The van der Waals surface area contributed by atoms with E-state index >= 15 is 0 Å². The summed E-state index contributed by atoms with van der Waals surface area (Å²) in [7, 11) is -2.83. The number of carbonyl (C=O) groups excluding carboxylic acids is 5. The van der Waals surface area contributed by atoms with E-state index in [1.807, 2.05) is 23.1 Å². The minimum atomic E-state index is -4.47. The van der Waals surface area contributed by atoms with Crippen molar-refractivity contribution in [3.05, 3.63) is 42.1 Å². The molecule has 2 fully saturated rings. The van der Waals surface area contributed by atoms with Crippen molar-refractivity contribution in [3.8, 4) is 11.4 Å². The number of anilines is 1. The zero-order valence-corrected chi connectivity index (χ0v) is 32.7. The van der Waals surface area contributed by atoms with E-state index in [0.29, 0.717) is 37.3 Å². The van der Waals surface area contributed by atoms with Crippen LogP contribution >= 0.6 is 7.60 Å². The molecule has 1 aromatic heterocycles. The lowest BCUT2D eigenvalue weighted by Crippen LogP contribution is -2.57. The maximum absolute atomic E-state index is 14.3. The van der Waals surface area contributed by atoms with Crippen molar-refractivity contribution in [2.24, 2.45) is 0 Å². The Hall–Kier alpha value is -4.64. The molecule has 0 radical (unpaired) electrons. The first-order valence-electron chi connectivity index (χ1n) is 18.4. The van der Waals surface area contributed by atoms with Gasteiger partial charge in [-0.15, -0.1) is 0 Å². The summed E-state index contributed by atoms with van der Waals surface area (Å²) < 4.78 is 46.0. The summed E-state index contributed by atoms with van der Waals surface area (Å²) in [5, 5.41) is 2.68. The monoisotopic (exact) mass is 790 g/mol. The molecule has 4 rings (SSSR count). The Morgan fingerprint density at radius 1 is 0.855 bits per heavy atom. The zero-order chi connectivity index (χ0) is 39.8. The van der Waals surface area contributed by atoms with E-state index in [2.05, 4.69) is 10.3 Å². The van der Waals surface area contributed by atoms with Gasteiger partial charge in [0.1, 0.15) is 17.6 Å². The van der Waals surface area contributed by atoms with Gasteiger partial charge in [-0.1, -0.05) is 44.2 Å². The van der Waals surface area contributed by atoms with Gasteiger partial charge in [-0.05, 0) is 26.2 Å². The van der Waals surface area contributed by atoms with E-state index in [9.17, 15) is 28.5 Å². The number of rotatable bonds is 19. The Labute approximate surface area is 320 Å². The first-order chi connectivity index (χ1) is 26.5. The van der Waals surface area contributed by atoms with Crippen LogP contribution in [0.1, 0.15) is 63.4 Å². The Balaban J connectivity index is 1.65. The number of aromatic nitrogens is 2. The van der Waals surface area contributed by atoms with Crippen molar-refractivity contribution in [2.75, 3.05) is 77.6 Å². The number of esters is 2. The summed E-state index contributed by atoms with van der Waals surface area (Å²) in [6.45, 7) is 5.43. The molecule has 2 atom stereocenters. The molecule has 1 aromatic carbocycles. The third kappa shape index (κ3) is 13.0. The molecule has 0 bridgehead atoms. The number of hydrogen-bond acceptors (Lipinski definition) is 15. The number of benzene rings is 1. The van der Waals surface area contributed by atoms with Crippen LogP contribution in [0.3, 0.4) is 0 Å². The van der Waals surface area contributed by atoms with Crippen LogP contribution in [-0.2, 0) is 46.9 Å². The van der Waals surface area contributed by atoms with Crippen LogP contribution in [0.5, 0.6) is 0 Å². The molecule has 2 aromatic rings. The van der Waals surface area contributed by atoms with E-state index in [0.717, 1.165) is 6.42 Å². The Morgan fingerprint density at radius 3 is 2.04 bits per heavy atom. The second kappa shape index (κ2) is 21.5. The second-order valence-corrected chi connectivity index (χ2v) is 14.9. The maximum atomic E-state index is 14.3. The van der Waals surface area contributed by atoms with Gasteiger partial charge in [-0.2, -0.15) is 0 Å². The molecule has 2 aliphatic heterocycles. The minimum absolute atomic E-state index is 0.0321. The van der Waals surface area contributed by atoms with E-state index in [1.165, 1.54) is 15.9 Å². The molecule has 2 saturated heterocycles. The summed E-state index contributed by atoms with van der Waals surface area (Å²) in [4.78, 5) is 79.0. The third-order valence-electron chi connectivity index (χ3n) is 8.75. The Bertz CT molecular complexity index is 1630. The van der Waals surface area contributed by atoms with Crippen molar-refractivity contribution < 1.29 is 56.5 Å². The largest absolute Gasteiger partial charge is 0.450 e. The van der Waals surface area contributed by atoms with E-state index in [4.69, 9.17) is 33.0 Å². The predicted octanol–water partition coefficient (Wildman–Crippen LogP) is 3.60. The van der Waals surface area contributed by atoms with Gasteiger partial charge in [0.2, 0.25) is 19.5 Å². The zero-order valence-electron chi connectivity index (χ0n) is 31.8. The molecular formula is C36H51N6O12P. The summed E-state index contributed by atoms with van der Waals surface area (Å²) in [6.07, 6.45) is 0.597. The maximum Gasteiger partial charge on any atom is 0.409 e. The molecule has 19 heteroatoms. The molecule has 3 heterocycles. The van der Waals surface area contributed by atoms with Crippen molar-refractivity contribution in [1.29, 1.82) is 0 Å². The third-order valence-corrected chi connectivity index (χ3v) is 10.6. The van der Waals surface area contributed by atoms with Gasteiger partial charge < -0.3 is 39.0 Å². The Morgan fingerprint density at radius 2 is 1.47 bits per heavy atom. The van der Waals surface area contributed by atoms with Crippen molar-refractivity contribution >= 4 is 43.3 Å². The molecule has 0 aliphatic carbocycles. The van der Waals surface area contributed by atoms with Crippen LogP contribution in [0, 0.1) is 0 Å². The number of ether oxygens (including phenoxy) is 4. The number of nitrogens with one attached hydrogen (secondary N) is 1.